The molecule has 6 nitrogen and oxygen atoms in total. The van der Waals surface area contributed by atoms with Gasteiger partial charge >= 0.3 is 0 Å². The molecule has 0 aliphatic rings. The Balaban J connectivity index is 2.28. The maximum Gasteiger partial charge on any atom is 0.237 e. The van der Waals surface area contributed by atoms with Gasteiger partial charge in [0.2, 0.25) is 11.8 Å². The van der Waals surface area contributed by atoms with Crippen LogP contribution in [-0.2, 0) is 16.0 Å². The summed E-state index contributed by atoms with van der Waals surface area (Å²) < 4.78 is 0. The Bertz CT molecular complexity index is 460. The van der Waals surface area contributed by atoms with Crippen LogP contribution >= 0.6 is 0 Å². The maximum atomic E-state index is 11.8. The van der Waals surface area contributed by atoms with Crippen molar-refractivity contribution in [3.63, 3.8) is 0 Å². The van der Waals surface area contributed by atoms with Gasteiger partial charge in [-0.3, -0.25) is 9.59 Å². The summed E-state index contributed by atoms with van der Waals surface area (Å²) in [5.41, 5.74) is 6.68. The largest absolute Gasteiger partial charge is 0.508 e. The highest BCUT2D eigenvalue weighted by Crippen LogP contribution is 2.10. The first kappa shape index (κ1) is 17.0. The predicted octanol–water partition coefficient (Wildman–Crippen LogP) is 0.295. The molecule has 0 spiro atoms. The van der Waals surface area contributed by atoms with Crippen molar-refractivity contribution in [2.45, 2.75) is 32.2 Å². The van der Waals surface area contributed by atoms with Crippen LogP contribution in [0.4, 0.5) is 0 Å². The van der Waals surface area contributed by atoms with Gasteiger partial charge in [-0.2, -0.15) is 0 Å². The average Bonchev–Trinajstić information content (AvgIpc) is 2.47. The molecule has 0 aliphatic heterocycles. The summed E-state index contributed by atoms with van der Waals surface area (Å²) in [6.45, 7) is 2.90. The van der Waals surface area contributed by atoms with Crippen molar-refractivity contribution < 1.29 is 14.7 Å². The average molecular weight is 293 g/mol. The zero-order valence-corrected chi connectivity index (χ0v) is 12.3. The molecule has 0 unspecified atom stereocenters. The van der Waals surface area contributed by atoms with E-state index in [2.05, 4.69) is 10.6 Å². The Hall–Kier alpha value is -2.08. The minimum absolute atomic E-state index is 0.0794. The van der Waals surface area contributed by atoms with Gasteiger partial charge in [-0.25, -0.2) is 0 Å². The van der Waals surface area contributed by atoms with Crippen molar-refractivity contribution in [1.82, 2.24) is 10.6 Å². The third-order valence-corrected chi connectivity index (χ3v) is 2.95. The minimum atomic E-state index is -0.673. The fourth-order valence-electron chi connectivity index (χ4n) is 1.76. The Labute approximate surface area is 124 Å². The molecule has 0 fully saturated rings. The quantitative estimate of drug-likeness (QED) is 0.553. The number of amides is 2. The molecule has 0 saturated carbocycles. The highest BCUT2D eigenvalue weighted by atomic mass is 16.3. The second-order valence-corrected chi connectivity index (χ2v) is 4.87. The van der Waals surface area contributed by atoms with Crippen molar-refractivity contribution in [2.75, 3.05) is 13.1 Å². The van der Waals surface area contributed by atoms with Gasteiger partial charge < -0.3 is 21.5 Å². The molecule has 5 N–H and O–H groups in total. The number of phenols is 1. The van der Waals surface area contributed by atoms with Gasteiger partial charge in [-0.1, -0.05) is 19.1 Å². The maximum absolute atomic E-state index is 11.8. The highest BCUT2D eigenvalue weighted by Gasteiger charge is 2.14. The molecule has 2 amide bonds. The number of rotatable bonds is 8. The van der Waals surface area contributed by atoms with Crippen LogP contribution in [0.2, 0.25) is 0 Å². The van der Waals surface area contributed by atoms with Crippen LogP contribution in [0.15, 0.2) is 24.3 Å². The van der Waals surface area contributed by atoms with Crippen LogP contribution in [0.25, 0.3) is 0 Å². The van der Waals surface area contributed by atoms with E-state index < -0.39 is 6.04 Å². The molecule has 6 heteroatoms. The summed E-state index contributed by atoms with van der Waals surface area (Å²) in [5.74, 6) is -0.189. The van der Waals surface area contributed by atoms with E-state index in [1.807, 2.05) is 6.92 Å². The van der Waals surface area contributed by atoms with E-state index in [9.17, 15) is 14.7 Å². The van der Waals surface area contributed by atoms with E-state index in [0.717, 1.165) is 12.0 Å². The summed E-state index contributed by atoms with van der Waals surface area (Å²) >= 11 is 0. The molecule has 1 rings (SSSR count). The summed E-state index contributed by atoms with van der Waals surface area (Å²) in [5, 5.41) is 14.6. The fraction of sp³-hybridized carbons (Fsp3) is 0.467. The number of carbonyl (C=O) groups is 2. The molecule has 21 heavy (non-hydrogen) atoms. The fourth-order valence-corrected chi connectivity index (χ4v) is 1.76. The molecule has 1 atom stereocenters. The molecular formula is C15H23N3O3. The van der Waals surface area contributed by atoms with E-state index >= 15 is 0 Å². The zero-order chi connectivity index (χ0) is 15.7. The van der Waals surface area contributed by atoms with Crippen LogP contribution < -0.4 is 16.4 Å². The van der Waals surface area contributed by atoms with Gasteiger partial charge in [0.1, 0.15) is 5.75 Å². The SMILES string of the molecule is CCCNC(=O)CCNC(=O)[C@@H](N)Cc1ccc(O)cc1. The molecular weight excluding hydrogens is 270 g/mol. The highest BCUT2D eigenvalue weighted by molar-refractivity contribution is 5.82. The molecule has 0 bridgehead atoms. The third kappa shape index (κ3) is 6.76. The lowest BCUT2D eigenvalue weighted by molar-refractivity contribution is -0.123. The number of carbonyl (C=O) groups excluding carboxylic acids is 2. The number of nitrogens with two attached hydrogens (primary N) is 1. The summed E-state index contributed by atoms with van der Waals surface area (Å²) in [6, 6.07) is 5.88. The Kier molecular flexibility index (Phi) is 7.25. The van der Waals surface area contributed by atoms with Crippen molar-refractivity contribution in [2.24, 2.45) is 5.73 Å². The number of aromatic hydroxyl groups is 1. The van der Waals surface area contributed by atoms with E-state index in [1.54, 1.807) is 24.3 Å². The van der Waals surface area contributed by atoms with Crippen molar-refractivity contribution >= 4 is 11.8 Å². The van der Waals surface area contributed by atoms with Gasteiger partial charge in [0.25, 0.3) is 0 Å². The first-order chi connectivity index (χ1) is 10.0. The predicted molar refractivity (Wildman–Crippen MR) is 80.7 cm³/mol. The lowest BCUT2D eigenvalue weighted by atomic mass is 10.1. The molecule has 0 saturated heterocycles. The van der Waals surface area contributed by atoms with Crippen LogP contribution in [0.3, 0.4) is 0 Å². The van der Waals surface area contributed by atoms with Gasteiger partial charge in [0, 0.05) is 19.5 Å². The Morgan fingerprint density at radius 2 is 1.86 bits per heavy atom. The lowest BCUT2D eigenvalue weighted by Crippen LogP contribution is -2.43. The number of phenolic OH excluding ortho intramolecular Hbond substituents is 1. The summed E-state index contributed by atoms with van der Waals surface area (Å²) in [7, 11) is 0. The van der Waals surface area contributed by atoms with Crippen molar-refractivity contribution in [3.05, 3.63) is 29.8 Å². The van der Waals surface area contributed by atoms with Gasteiger partial charge in [0.15, 0.2) is 0 Å². The van der Waals surface area contributed by atoms with E-state index in [0.29, 0.717) is 13.0 Å². The monoisotopic (exact) mass is 293 g/mol. The van der Waals surface area contributed by atoms with Crippen molar-refractivity contribution in [3.8, 4) is 5.75 Å². The summed E-state index contributed by atoms with van der Waals surface area (Å²) in [4.78, 5) is 23.2. The lowest BCUT2D eigenvalue weighted by Gasteiger charge is -2.12. The first-order valence-corrected chi connectivity index (χ1v) is 7.10. The van der Waals surface area contributed by atoms with Crippen LogP contribution in [0, 0.1) is 0 Å². The molecule has 116 valence electrons. The molecule has 0 radical (unpaired) electrons. The summed E-state index contributed by atoms with van der Waals surface area (Å²) in [6.07, 6.45) is 1.52. The zero-order valence-electron chi connectivity index (χ0n) is 12.3. The Morgan fingerprint density at radius 3 is 2.48 bits per heavy atom. The second-order valence-electron chi connectivity index (χ2n) is 4.87. The standard InChI is InChI=1S/C15H23N3O3/c1-2-8-17-14(20)7-9-18-15(21)13(16)10-11-3-5-12(19)6-4-11/h3-6,13,19H,2,7-10,16H2,1H3,(H,17,20)(H,18,21)/t13-/m0/s1. The third-order valence-electron chi connectivity index (χ3n) is 2.95. The molecule has 0 heterocycles. The smallest absolute Gasteiger partial charge is 0.237 e. The van der Waals surface area contributed by atoms with E-state index in [-0.39, 0.29) is 30.5 Å². The minimum Gasteiger partial charge on any atom is -0.508 e. The topological polar surface area (TPSA) is 104 Å². The van der Waals surface area contributed by atoms with E-state index in [1.165, 1.54) is 0 Å². The molecule has 0 aromatic heterocycles. The first-order valence-electron chi connectivity index (χ1n) is 7.10. The number of nitrogens with one attached hydrogen (secondary N) is 2. The number of benzene rings is 1. The van der Waals surface area contributed by atoms with Gasteiger partial charge in [-0.15, -0.1) is 0 Å². The Morgan fingerprint density at radius 1 is 1.19 bits per heavy atom. The second kappa shape index (κ2) is 8.97. The molecule has 0 aliphatic carbocycles. The normalized spacial score (nSPS) is 11.7. The molecule has 1 aromatic rings. The molecule has 1 aromatic carbocycles. The number of hydrogen-bond acceptors (Lipinski definition) is 4. The van der Waals surface area contributed by atoms with Crippen LogP contribution in [-0.4, -0.2) is 36.1 Å². The van der Waals surface area contributed by atoms with Crippen molar-refractivity contribution in [1.29, 1.82) is 0 Å². The number of hydrogen-bond donors (Lipinski definition) is 4. The van der Waals surface area contributed by atoms with Crippen LogP contribution in [0.1, 0.15) is 25.3 Å². The van der Waals surface area contributed by atoms with Gasteiger partial charge in [-0.05, 0) is 30.5 Å². The van der Waals surface area contributed by atoms with Gasteiger partial charge in [0.05, 0.1) is 6.04 Å². The van der Waals surface area contributed by atoms with Crippen LogP contribution in [0.5, 0.6) is 5.75 Å². The van der Waals surface area contributed by atoms with E-state index in [4.69, 9.17) is 5.73 Å².